The topological polar surface area (TPSA) is 21.3 Å². The van der Waals surface area contributed by atoms with Crippen molar-refractivity contribution < 1.29 is 4.74 Å². The van der Waals surface area contributed by atoms with Crippen molar-refractivity contribution in [2.24, 2.45) is 11.3 Å². The van der Waals surface area contributed by atoms with Crippen molar-refractivity contribution in [2.45, 2.75) is 53.0 Å². The van der Waals surface area contributed by atoms with Crippen LogP contribution >= 0.6 is 0 Å². The summed E-state index contributed by atoms with van der Waals surface area (Å²) in [7, 11) is 0. The van der Waals surface area contributed by atoms with Gasteiger partial charge in [-0.1, -0.05) is 27.7 Å². The molecule has 1 aliphatic rings. The lowest BCUT2D eigenvalue weighted by Gasteiger charge is -2.35. The van der Waals surface area contributed by atoms with Crippen LogP contribution in [0.4, 0.5) is 0 Å². The van der Waals surface area contributed by atoms with Crippen molar-refractivity contribution in [2.75, 3.05) is 19.8 Å². The molecule has 0 aromatic heterocycles. The molecule has 1 heterocycles. The van der Waals surface area contributed by atoms with Gasteiger partial charge >= 0.3 is 0 Å². The highest BCUT2D eigenvalue weighted by molar-refractivity contribution is 4.83. The van der Waals surface area contributed by atoms with Crippen LogP contribution in [0, 0.1) is 11.3 Å². The average molecular weight is 213 g/mol. The van der Waals surface area contributed by atoms with Gasteiger partial charge in [0.1, 0.15) is 0 Å². The molecule has 0 bridgehead atoms. The lowest BCUT2D eigenvalue weighted by Crippen LogP contribution is -2.42. The van der Waals surface area contributed by atoms with E-state index in [-0.39, 0.29) is 0 Å². The first kappa shape index (κ1) is 13.0. The van der Waals surface area contributed by atoms with Crippen molar-refractivity contribution in [3.05, 3.63) is 0 Å². The Balaban J connectivity index is 2.42. The summed E-state index contributed by atoms with van der Waals surface area (Å²) in [5.41, 5.74) is 0.369. The summed E-state index contributed by atoms with van der Waals surface area (Å²) in [6, 6.07) is 0.644. The van der Waals surface area contributed by atoms with Crippen molar-refractivity contribution in [1.29, 1.82) is 0 Å². The van der Waals surface area contributed by atoms with Gasteiger partial charge in [0.25, 0.3) is 0 Å². The van der Waals surface area contributed by atoms with Gasteiger partial charge in [0.05, 0.1) is 0 Å². The molecule has 2 nitrogen and oxygen atoms in total. The Morgan fingerprint density at radius 2 is 1.87 bits per heavy atom. The SMILES string of the molecule is CCNC(CC1CCOCC1)C(C)(C)C. The average Bonchev–Trinajstić information content (AvgIpc) is 2.17. The maximum Gasteiger partial charge on any atom is 0.0468 e. The molecule has 0 aromatic carbocycles. The fourth-order valence-electron chi connectivity index (χ4n) is 2.30. The first-order valence-electron chi connectivity index (χ1n) is 6.35. The molecular formula is C13H27NO. The van der Waals surface area contributed by atoms with E-state index >= 15 is 0 Å². The maximum absolute atomic E-state index is 5.41. The Morgan fingerprint density at radius 3 is 2.33 bits per heavy atom. The maximum atomic E-state index is 5.41. The number of hydrogen-bond acceptors (Lipinski definition) is 2. The van der Waals surface area contributed by atoms with Gasteiger partial charge in [0.15, 0.2) is 0 Å². The quantitative estimate of drug-likeness (QED) is 0.775. The highest BCUT2D eigenvalue weighted by Gasteiger charge is 2.27. The summed E-state index contributed by atoms with van der Waals surface area (Å²) < 4.78 is 5.41. The molecule has 0 aromatic rings. The van der Waals surface area contributed by atoms with Gasteiger partial charge in [-0.3, -0.25) is 0 Å². The Hall–Kier alpha value is -0.0800. The number of rotatable bonds is 4. The van der Waals surface area contributed by atoms with Crippen LogP contribution in [0.25, 0.3) is 0 Å². The molecule has 0 saturated carbocycles. The molecule has 1 atom stereocenters. The highest BCUT2D eigenvalue weighted by Crippen LogP contribution is 2.28. The van der Waals surface area contributed by atoms with E-state index in [4.69, 9.17) is 4.74 Å². The van der Waals surface area contributed by atoms with E-state index in [1.54, 1.807) is 0 Å². The predicted molar refractivity (Wildman–Crippen MR) is 65.1 cm³/mol. The summed E-state index contributed by atoms with van der Waals surface area (Å²) in [6.07, 6.45) is 3.80. The zero-order chi connectivity index (χ0) is 11.3. The minimum atomic E-state index is 0.369. The highest BCUT2D eigenvalue weighted by atomic mass is 16.5. The number of hydrogen-bond donors (Lipinski definition) is 1. The molecule has 1 aliphatic heterocycles. The summed E-state index contributed by atoms with van der Waals surface area (Å²) >= 11 is 0. The van der Waals surface area contributed by atoms with E-state index in [0.29, 0.717) is 11.5 Å². The van der Waals surface area contributed by atoms with Crippen LogP contribution in [0.15, 0.2) is 0 Å². The molecule has 1 fully saturated rings. The minimum absolute atomic E-state index is 0.369. The summed E-state index contributed by atoms with van der Waals surface area (Å²) in [6.45, 7) is 12.2. The monoisotopic (exact) mass is 213 g/mol. The van der Waals surface area contributed by atoms with Gasteiger partial charge in [-0.15, -0.1) is 0 Å². The van der Waals surface area contributed by atoms with Crippen LogP contribution in [-0.4, -0.2) is 25.8 Å². The first-order valence-corrected chi connectivity index (χ1v) is 6.35. The Bertz CT molecular complexity index is 168. The normalized spacial score (nSPS) is 21.6. The lowest BCUT2D eigenvalue weighted by molar-refractivity contribution is 0.0547. The zero-order valence-electron chi connectivity index (χ0n) is 10.8. The van der Waals surface area contributed by atoms with Crippen LogP contribution < -0.4 is 5.32 Å². The second kappa shape index (κ2) is 5.86. The van der Waals surface area contributed by atoms with Crippen LogP contribution in [0.5, 0.6) is 0 Å². The third-order valence-electron chi connectivity index (χ3n) is 3.41. The van der Waals surface area contributed by atoms with E-state index in [9.17, 15) is 0 Å². The molecule has 15 heavy (non-hydrogen) atoms. The van der Waals surface area contributed by atoms with Gasteiger partial charge in [-0.05, 0) is 37.1 Å². The van der Waals surface area contributed by atoms with Gasteiger partial charge in [0, 0.05) is 19.3 Å². The van der Waals surface area contributed by atoms with Crippen molar-refractivity contribution >= 4 is 0 Å². The first-order chi connectivity index (χ1) is 7.04. The Labute approximate surface area is 94.8 Å². The van der Waals surface area contributed by atoms with Crippen LogP contribution in [0.2, 0.25) is 0 Å². The molecule has 1 rings (SSSR count). The number of nitrogens with one attached hydrogen (secondary N) is 1. The van der Waals surface area contributed by atoms with E-state index < -0.39 is 0 Å². The van der Waals surface area contributed by atoms with E-state index in [2.05, 4.69) is 33.0 Å². The second-order valence-electron chi connectivity index (χ2n) is 5.77. The molecule has 0 aliphatic carbocycles. The Kier molecular flexibility index (Phi) is 5.07. The van der Waals surface area contributed by atoms with Gasteiger partial charge in [-0.25, -0.2) is 0 Å². The summed E-state index contributed by atoms with van der Waals surface area (Å²) in [5, 5.41) is 3.63. The third-order valence-corrected chi connectivity index (χ3v) is 3.41. The standard InChI is InChI=1S/C13H27NO/c1-5-14-12(13(2,3)4)10-11-6-8-15-9-7-11/h11-12,14H,5-10H2,1-4H3. The second-order valence-corrected chi connectivity index (χ2v) is 5.77. The molecule has 90 valence electrons. The fraction of sp³-hybridized carbons (Fsp3) is 1.00. The molecule has 1 saturated heterocycles. The van der Waals surface area contributed by atoms with Crippen LogP contribution in [0.3, 0.4) is 0 Å². The molecular weight excluding hydrogens is 186 g/mol. The van der Waals surface area contributed by atoms with E-state index in [1.807, 2.05) is 0 Å². The van der Waals surface area contributed by atoms with Crippen molar-refractivity contribution in [1.82, 2.24) is 5.32 Å². The van der Waals surface area contributed by atoms with Gasteiger partial charge in [0.2, 0.25) is 0 Å². The number of ether oxygens (including phenoxy) is 1. The molecule has 2 heteroatoms. The van der Waals surface area contributed by atoms with E-state index in [0.717, 1.165) is 25.7 Å². The molecule has 1 N–H and O–H groups in total. The predicted octanol–water partition coefficient (Wildman–Crippen LogP) is 2.83. The largest absolute Gasteiger partial charge is 0.381 e. The fourth-order valence-corrected chi connectivity index (χ4v) is 2.30. The van der Waals surface area contributed by atoms with Crippen LogP contribution in [0.1, 0.15) is 47.0 Å². The van der Waals surface area contributed by atoms with Gasteiger partial charge < -0.3 is 10.1 Å². The van der Waals surface area contributed by atoms with E-state index in [1.165, 1.54) is 19.3 Å². The smallest absolute Gasteiger partial charge is 0.0468 e. The molecule has 0 amide bonds. The molecule has 0 spiro atoms. The van der Waals surface area contributed by atoms with Gasteiger partial charge in [-0.2, -0.15) is 0 Å². The zero-order valence-corrected chi connectivity index (χ0v) is 10.8. The Morgan fingerprint density at radius 1 is 1.27 bits per heavy atom. The molecule has 0 radical (unpaired) electrons. The third kappa shape index (κ3) is 4.52. The summed E-state index contributed by atoms with van der Waals surface area (Å²) in [4.78, 5) is 0. The lowest BCUT2D eigenvalue weighted by atomic mass is 9.79. The van der Waals surface area contributed by atoms with Crippen LogP contribution in [-0.2, 0) is 4.74 Å². The van der Waals surface area contributed by atoms with Crippen molar-refractivity contribution in [3.8, 4) is 0 Å². The molecule has 1 unspecified atom stereocenters. The van der Waals surface area contributed by atoms with Crippen molar-refractivity contribution in [3.63, 3.8) is 0 Å². The summed E-state index contributed by atoms with van der Waals surface area (Å²) in [5.74, 6) is 0.863. The minimum Gasteiger partial charge on any atom is -0.381 e.